The number of likely N-dealkylation sites (tertiary alicyclic amines) is 1. The third-order valence-corrected chi connectivity index (χ3v) is 5.08. The van der Waals surface area contributed by atoms with E-state index in [9.17, 15) is 0 Å². The van der Waals surface area contributed by atoms with Crippen LogP contribution in [0.25, 0.3) is 0 Å². The predicted molar refractivity (Wildman–Crippen MR) is 93.7 cm³/mol. The van der Waals surface area contributed by atoms with Crippen molar-refractivity contribution in [3.05, 3.63) is 33.8 Å². The summed E-state index contributed by atoms with van der Waals surface area (Å²) in [6, 6.07) is 5.89. The van der Waals surface area contributed by atoms with Gasteiger partial charge in [-0.3, -0.25) is 4.90 Å². The van der Waals surface area contributed by atoms with E-state index in [-0.39, 0.29) is 0 Å². The molecule has 0 aromatic heterocycles. The first-order chi connectivity index (χ1) is 10.2. The van der Waals surface area contributed by atoms with Crippen molar-refractivity contribution < 1.29 is 0 Å². The molecule has 0 saturated carbocycles. The lowest BCUT2D eigenvalue weighted by Gasteiger charge is -2.32. The second-order valence-corrected chi connectivity index (χ2v) is 7.02. The van der Waals surface area contributed by atoms with E-state index in [0.717, 1.165) is 38.0 Å². The van der Waals surface area contributed by atoms with E-state index in [1.54, 1.807) is 0 Å². The Bertz CT molecular complexity index is 462. The Morgan fingerprint density at radius 1 is 1.29 bits per heavy atom. The van der Waals surface area contributed by atoms with Crippen LogP contribution < -0.4 is 5.32 Å². The molecular weight excluding hydrogens is 325 g/mol. The maximum atomic E-state index is 6.96. The molecule has 1 fully saturated rings. The maximum Gasteiger partial charge on any atom is 0.0595 e. The fourth-order valence-corrected chi connectivity index (χ4v) is 3.25. The van der Waals surface area contributed by atoms with E-state index < -0.39 is 0 Å². The first kappa shape index (κ1) is 17.1. The highest BCUT2D eigenvalue weighted by Gasteiger charge is 2.19. The highest BCUT2D eigenvalue weighted by atomic mass is 35.5. The van der Waals surface area contributed by atoms with Gasteiger partial charge in [0.15, 0.2) is 0 Å². The number of piperidine rings is 1. The fraction of sp³-hybridized carbons (Fsp3) is 0.533. The van der Waals surface area contributed by atoms with Crippen molar-refractivity contribution in [2.75, 3.05) is 25.5 Å². The Hall–Kier alpha value is -0.260. The second-order valence-electron chi connectivity index (χ2n) is 5.35. The molecule has 6 heteroatoms. The monoisotopic (exact) mass is 345 g/mol. The second kappa shape index (κ2) is 9.01. The van der Waals surface area contributed by atoms with Crippen LogP contribution in [0.2, 0.25) is 10.0 Å². The Balaban J connectivity index is 1.71. The number of nitrogens with one attached hydrogen (secondary N) is 2. The van der Waals surface area contributed by atoms with Crippen LogP contribution in [0.4, 0.5) is 0 Å². The van der Waals surface area contributed by atoms with Crippen molar-refractivity contribution >= 4 is 40.5 Å². The molecule has 21 heavy (non-hydrogen) atoms. The zero-order chi connectivity index (χ0) is 15.1. The van der Waals surface area contributed by atoms with Gasteiger partial charge in [-0.15, -0.1) is 0 Å². The minimum atomic E-state index is 0.619. The van der Waals surface area contributed by atoms with Crippen molar-refractivity contribution in [3.63, 3.8) is 0 Å². The Morgan fingerprint density at radius 3 is 2.71 bits per heavy atom. The molecule has 1 aliphatic rings. The average Bonchev–Trinajstić information content (AvgIpc) is 2.49. The third kappa shape index (κ3) is 5.80. The summed E-state index contributed by atoms with van der Waals surface area (Å²) in [7, 11) is 0. The van der Waals surface area contributed by atoms with Crippen molar-refractivity contribution in [2.45, 2.75) is 19.4 Å². The lowest BCUT2D eigenvalue weighted by atomic mass is 9.96. The topological polar surface area (TPSA) is 39.1 Å². The summed E-state index contributed by atoms with van der Waals surface area (Å²) in [4.78, 5) is 2.47. The van der Waals surface area contributed by atoms with Crippen LogP contribution in [-0.2, 0) is 6.54 Å². The van der Waals surface area contributed by atoms with Gasteiger partial charge in [0.05, 0.1) is 15.6 Å². The summed E-state index contributed by atoms with van der Waals surface area (Å²) in [5, 5.41) is 11.6. The largest absolute Gasteiger partial charge is 0.307 e. The SMILES string of the molecule is N=CSCNCC1CCN(Cc2ccc(Cl)c(Cl)c2)CC1. The van der Waals surface area contributed by atoms with Crippen molar-refractivity contribution in [2.24, 2.45) is 5.92 Å². The van der Waals surface area contributed by atoms with E-state index in [4.69, 9.17) is 28.6 Å². The highest BCUT2D eigenvalue weighted by Crippen LogP contribution is 2.24. The molecule has 0 spiro atoms. The van der Waals surface area contributed by atoms with E-state index in [2.05, 4.69) is 16.3 Å². The van der Waals surface area contributed by atoms with Crippen LogP contribution in [0.5, 0.6) is 0 Å². The minimum Gasteiger partial charge on any atom is -0.307 e. The summed E-state index contributed by atoms with van der Waals surface area (Å²) < 4.78 is 0. The van der Waals surface area contributed by atoms with Gasteiger partial charge in [0.25, 0.3) is 0 Å². The zero-order valence-corrected chi connectivity index (χ0v) is 14.3. The molecule has 1 saturated heterocycles. The molecule has 1 heterocycles. The zero-order valence-electron chi connectivity index (χ0n) is 11.9. The number of hydrogen-bond donors (Lipinski definition) is 2. The standard InChI is InChI=1S/C15H21Cl2N3S/c16-14-2-1-13(7-15(14)17)9-20-5-3-12(4-6-20)8-19-11-21-10-18/h1-2,7,10,12,18-19H,3-6,8-9,11H2. The molecular formula is C15H21Cl2N3S. The molecule has 2 N–H and O–H groups in total. The van der Waals surface area contributed by atoms with E-state index in [1.807, 2.05) is 12.1 Å². The highest BCUT2D eigenvalue weighted by molar-refractivity contribution is 8.11. The average molecular weight is 346 g/mol. The van der Waals surface area contributed by atoms with Crippen LogP contribution in [0, 0.1) is 11.3 Å². The molecule has 1 aliphatic heterocycles. The fourth-order valence-electron chi connectivity index (χ4n) is 2.61. The summed E-state index contributed by atoms with van der Waals surface area (Å²) in [6.45, 7) is 4.26. The normalized spacial score (nSPS) is 17.0. The van der Waals surface area contributed by atoms with Crippen LogP contribution in [0.15, 0.2) is 18.2 Å². The molecule has 0 unspecified atom stereocenters. The van der Waals surface area contributed by atoms with Gasteiger partial charge in [0.2, 0.25) is 0 Å². The van der Waals surface area contributed by atoms with Crippen LogP contribution >= 0.6 is 35.0 Å². The first-order valence-corrected chi connectivity index (χ1v) is 8.97. The van der Waals surface area contributed by atoms with E-state index in [0.29, 0.717) is 10.0 Å². The maximum absolute atomic E-state index is 6.96. The van der Waals surface area contributed by atoms with Crippen molar-refractivity contribution in [3.8, 4) is 0 Å². The molecule has 1 aromatic rings. The third-order valence-electron chi connectivity index (χ3n) is 3.80. The van der Waals surface area contributed by atoms with Crippen molar-refractivity contribution in [1.82, 2.24) is 10.2 Å². The molecule has 1 aromatic carbocycles. The van der Waals surface area contributed by atoms with Gasteiger partial charge >= 0.3 is 0 Å². The lowest BCUT2D eigenvalue weighted by Crippen LogP contribution is -2.36. The smallest absolute Gasteiger partial charge is 0.0595 e. The predicted octanol–water partition coefficient (Wildman–Crippen LogP) is 4.09. The van der Waals surface area contributed by atoms with Crippen LogP contribution in [-0.4, -0.2) is 36.0 Å². The Kier molecular flexibility index (Phi) is 7.34. The quantitative estimate of drug-likeness (QED) is 0.338. The number of rotatable bonds is 7. The number of benzene rings is 1. The number of halogens is 2. The Labute approximate surface area is 140 Å². The van der Waals surface area contributed by atoms with Gasteiger partial charge in [-0.25, -0.2) is 0 Å². The molecule has 116 valence electrons. The van der Waals surface area contributed by atoms with E-state index >= 15 is 0 Å². The van der Waals surface area contributed by atoms with Crippen molar-refractivity contribution in [1.29, 1.82) is 5.41 Å². The Morgan fingerprint density at radius 2 is 2.05 bits per heavy atom. The molecule has 0 bridgehead atoms. The minimum absolute atomic E-state index is 0.619. The van der Waals surface area contributed by atoms with Gasteiger partial charge in [-0.1, -0.05) is 41.0 Å². The van der Waals surface area contributed by atoms with Gasteiger partial charge in [0, 0.05) is 12.4 Å². The summed E-state index contributed by atoms with van der Waals surface area (Å²) in [6.07, 6.45) is 2.45. The molecule has 0 atom stereocenters. The van der Waals surface area contributed by atoms with Gasteiger partial charge in [-0.2, -0.15) is 0 Å². The van der Waals surface area contributed by atoms with Gasteiger partial charge in [0.1, 0.15) is 0 Å². The number of nitrogens with zero attached hydrogens (tertiary/aromatic N) is 1. The number of thioether (sulfide) groups is 1. The van der Waals surface area contributed by atoms with Crippen LogP contribution in [0.3, 0.4) is 0 Å². The molecule has 0 radical (unpaired) electrons. The lowest BCUT2D eigenvalue weighted by molar-refractivity contribution is 0.176. The molecule has 0 amide bonds. The summed E-state index contributed by atoms with van der Waals surface area (Å²) in [5.41, 5.74) is 2.61. The van der Waals surface area contributed by atoms with E-state index in [1.165, 1.54) is 35.7 Å². The van der Waals surface area contributed by atoms with Crippen LogP contribution in [0.1, 0.15) is 18.4 Å². The molecule has 0 aliphatic carbocycles. The molecule has 3 nitrogen and oxygen atoms in total. The summed E-state index contributed by atoms with van der Waals surface area (Å²) in [5.74, 6) is 1.59. The number of hydrogen-bond acceptors (Lipinski definition) is 4. The van der Waals surface area contributed by atoms with Gasteiger partial charge in [-0.05, 0) is 56.1 Å². The van der Waals surface area contributed by atoms with Gasteiger partial charge < -0.3 is 10.7 Å². The summed E-state index contributed by atoms with van der Waals surface area (Å²) >= 11 is 13.5. The molecule has 2 rings (SSSR count). The first-order valence-electron chi connectivity index (χ1n) is 7.16.